The molecule has 0 aliphatic carbocycles. The maximum Gasteiger partial charge on any atom is 0.254 e. The van der Waals surface area contributed by atoms with Crippen LogP contribution in [0.25, 0.3) is 5.65 Å². The highest BCUT2D eigenvalue weighted by Crippen LogP contribution is 2.36. The van der Waals surface area contributed by atoms with Crippen molar-refractivity contribution >= 4 is 40.5 Å². The molecule has 2 fully saturated rings. The second-order valence-electron chi connectivity index (χ2n) is 11.7. The minimum atomic E-state index is -0.882. The number of amides is 1. The van der Waals surface area contributed by atoms with Gasteiger partial charge in [0.2, 0.25) is 5.95 Å². The van der Waals surface area contributed by atoms with Crippen LogP contribution in [0.4, 0.5) is 17.3 Å². The van der Waals surface area contributed by atoms with E-state index < -0.39 is 5.60 Å². The van der Waals surface area contributed by atoms with E-state index in [9.17, 15) is 9.90 Å². The number of pyridine rings is 2. The van der Waals surface area contributed by atoms with Crippen LogP contribution in [-0.2, 0) is 5.60 Å². The molecule has 0 saturated carbocycles. The fourth-order valence-electron chi connectivity index (χ4n) is 6.34. The summed E-state index contributed by atoms with van der Waals surface area (Å²) in [5.74, 6) is 0.484. The molecule has 0 bridgehead atoms. The number of anilines is 3. The van der Waals surface area contributed by atoms with Crippen LogP contribution in [0.1, 0.15) is 58.9 Å². The molecule has 2 saturated heterocycles. The van der Waals surface area contributed by atoms with Gasteiger partial charge in [0.25, 0.3) is 5.91 Å². The SMILES string of the molecule is Cc1ccc(C2CCCN2C(=O)c2ccc(Nc3nc4c(N5CCC(O)(c6ccc(Cl)cc6)CC5)cccn4n3)cc2)nc1. The van der Waals surface area contributed by atoms with E-state index in [4.69, 9.17) is 16.6 Å². The highest BCUT2D eigenvalue weighted by Gasteiger charge is 2.35. The predicted octanol–water partition coefficient (Wildman–Crippen LogP) is 6.30. The van der Waals surface area contributed by atoms with Gasteiger partial charge in [0.1, 0.15) is 0 Å². The monoisotopic (exact) mass is 607 g/mol. The molecule has 0 spiro atoms. The van der Waals surface area contributed by atoms with Crippen molar-refractivity contribution in [2.24, 2.45) is 0 Å². The van der Waals surface area contributed by atoms with E-state index in [1.807, 2.05) is 90.9 Å². The number of benzene rings is 2. The van der Waals surface area contributed by atoms with Gasteiger partial charge in [0, 0.05) is 48.3 Å². The molecule has 1 unspecified atom stereocenters. The number of nitrogens with one attached hydrogen (secondary N) is 1. The van der Waals surface area contributed by atoms with Gasteiger partial charge in [-0.05, 0) is 98.3 Å². The van der Waals surface area contributed by atoms with E-state index in [-0.39, 0.29) is 11.9 Å². The Morgan fingerprint density at radius 2 is 1.77 bits per heavy atom. The number of piperidine rings is 1. The van der Waals surface area contributed by atoms with Gasteiger partial charge in [-0.15, -0.1) is 5.10 Å². The molecular formula is C34H34ClN7O2. The zero-order valence-corrected chi connectivity index (χ0v) is 25.3. The number of carbonyl (C=O) groups is 1. The van der Waals surface area contributed by atoms with Gasteiger partial charge in [0.05, 0.1) is 23.0 Å². The molecule has 7 rings (SSSR count). The minimum absolute atomic E-state index is 0.00316. The van der Waals surface area contributed by atoms with Gasteiger partial charge in [-0.1, -0.05) is 29.8 Å². The van der Waals surface area contributed by atoms with E-state index in [1.54, 1.807) is 4.52 Å². The molecule has 0 radical (unpaired) electrons. The molecule has 5 aromatic rings. The van der Waals surface area contributed by atoms with Crippen LogP contribution in [-0.4, -0.2) is 55.1 Å². The third kappa shape index (κ3) is 5.49. The van der Waals surface area contributed by atoms with Crippen LogP contribution in [0.2, 0.25) is 5.02 Å². The summed E-state index contributed by atoms with van der Waals surface area (Å²) in [4.78, 5) is 27.0. The van der Waals surface area contributed by atoms with Gasteiger partial charge in [0.15, 0.2) is 5.65 Å². The third-order valence-corrected chi connectivity index (χ3v) is 9.08. The average molecular weight is 608 g/mol. The van der Waals surface area contributed by atoms with Gasteiger partial charge in [-0.3, -0.25) is 9.78 Å². The van der Waals surface area contributed by atoms with Crippen LogP contribution in [0.3, 0.4) is 0 Å². The van der Waals surface area contributed by atoms with Gasteiger partial charge < -0.3 is 20.2 Å². The van der Waals surface area contributed by atoms with Crippen molar-refractivity contribution in [2.75, 3.05) is 29.9 Å². The molecule has 2 aliphatic rings. The van der Waals surface area contributed by atoms with Gasteiger partial charge >= 0.3 is 0 Å². The number of aliphatic hydroxyl groups is 1. The molecule has 10 heteroatoms. The van der Waals surface area contributed by atoms with Crippen molar-refractivity contribution in [3.05, 3.63) is 113 Å². The third-order valence-electron chi connectivity index (χ3n) is 8.83. The highest BCUT2D eigenvalue weighted by atomic mass is 35.5. The first-order valence-electron chi connectivity index (χ1n) is 15.1. The van der Waals surface area contributed by atoms with E-state index in [0.29, 0.717) is 42.5 Å². The quantitative estimate of drug-likeness (QED) is 0.234. The summed E-state index contributed by atoms with van der Waals surface area (Å²) < 4.78 is 1.77. The van der Waals surface area contributed by atoms with Crippen molar-refractivity contribution in [1.29, 1.82) is 0 Å². The zero-order chi connectivity index (χ0) is 30.3. The second kappa shape index (κ2) is 11.6. The summed E-state index contributed by atoms with van der Waals surface area (Å²) in [6.45, 7) is 4.11. The smallest absolute Gasteiger partial charge is 0.254 e. The first-order valence-corrected chi connectivity index (χ1v) is 15.4. The molecule has 2 aromatic carbocycles. The standard InChI is InChI=1S/C34H34ClN7O2/c1-23-6-15-28(36-22-23)29-4-2-18-41(29)32(43)24-7-13-27(14-8-24)37-33-38-31-30(5-3-19-42(31)39-33)40-20-16-34(44,17-21-40)25-9-11-26(35)12-10-25/h3,5-15,19,22,29,44H,2,4,16-18,20-21H2,1H3,(H,37,39). The summed E-state index contributed by atoms with van der Waals surface area (Å²) in [6, 6.07) is 23.0. The highest BCUT2D eigenvalue weighted by molar-refractivity contribution is 6.30. The van der Waals surface area contributed by atoms with Crippen molar-refractivity contribution in [1.82, 2.24) is 24.5 Å². The maximum absolute atomic E-state index is 13.4. The number of rotatable bonds is 6. The van der Waals surface area contributed by atoms with E-state index in [1.165, 1.54) is 0 Å². The molecule has 1 atom stereocenters. The lowest BCUT2D eigenvalue weighted by molar-refractivity contribution is 0.0118. The number of halogens is 1. The number of fused-ring (bicyclic) bond motifs is 1. The van der Waals surface area contributed by atoms with Crippen LogP contribution >= 0.6 is 11.6 Å². The Hall–Kier alpha value is -4.47. The van der Waals surface area contributed by atoms with Crippen molar-refractivity contribution < 1.29 is 9.90 Å². The summed E-state index contributed by atoms with van der Waals surface area (Å²) in [5, 5.41) is 19.9. The first kappa shape index (κ1) is 28.3. The van der Waals surface area contributed by atoms with E-state index in [2.05, 4.69) is 26.4 Å². The van der Waals surface area contributed by atoms with Crippen molar-refractivity contribution in [3.8, 4) is 0 Å². The number of hydrogen-bond donors (Lipinski definition) is 2. The maximum atomic E-state index is 13.4. The Labute approximate surface area is 261 Å². The van der Waals surface area contributed by atoms with Crippen LogP contribution in [0, 0.1) is 6.92 Å². The van der Waals surface area contributed by atoms with Crippen molar-refractivity contribution in [2.45, 2.75) is 44.2 Å². The molecular weight excluding hydrogens is 574 g/mol. The van der Waals surface area contributed by atoms with Crippen LogP contribution in [0.5, 0.6) is 0 Å². The number of aromatic nitrogens is 4. The summed E-state index contributed by atoms with van der Waals surface area (Å²) >= 11 is 6.05. The second-order valence-corrected chi connectivity index (χ2v) is 12.2. The predicted molar refractivity (Wildman–Crippen MR) is 171 cm³/mol. The Balaban J connectivity index is 1.03. The topological polar surface area (TPSA) is 98.9 Å². The van der Waals surface area contributed by atoms with E-state index >= 15 is 0 Å². The molecule has 44 heavy (non-hydrogen) atoms. The molecule has 2 N–H and O–H groups in total. The average Bonchev–Trinajstić information content (AvgIpc) is 3.70. The first-order chi connectivity index (χ1) is 21.4. The Morgan fingerprint density at radius 3 is 2.50 bits per heavy atom. The van der Waals surface area contributed by atoms with Gasteiger partial charge in [-0.2, -0.15) is 4.98 Å². The number of likely N-dealkylation sites (tertiary alicyclic amines) is 1. The minimum Gasteiger partial charge on any atom is -0.385 e. The lowest BCUT2D eigenvalue weighted by atomic mass is 9.84. The fourth-order valence-corrected chi connectivity index (χ4v) is 6.47. The summed E-state index contributed by atoms with van der Waals surface area (Å²) in [7, 11) is 0. The Bertz CT molecular complexity index is 1780. The Morgan fingerprint density at radius 1 is 1.00 bits per heavy atom. The summed E-state index contributed by atoms with van der Waals surface area (Å²) in [6.07, 6.45) is 6.82. The largest absolute Gasteiger partial charge is 0.385 e. The number of aryl methyl sites for hydroxylation is 1. The van der Waals surface area contributed by atoms with Crippen LogP contribution in [0.15, 0.2) is 85.2 Å². The lowest BCUT2D eigenvalue weighted by Crippen LogP contribution is -2.42. The summed E-state index contributed by atoms with van der Waals surface area (Å²) in [5.41, 5.74) is 5.21. The number of nitrogens with zero attached hydrogens (tertiary/aromatic N) is 6. The zero-order valence-electron chi connectivity index (χ0n) is 24.5. The molecule has 1 amide bonds. The molecule has 3 aromatic heterocycles. The normalized spacial score (nSPS) is 18.1. The van der Waals surface area contributed by atoms with Gasteiger partial charge in [-0.25, -0.2) is 4.52 Å². The lowest BCUT2D eigenvalue weighted by Gasteiger charge is -2.39. The van der Waals surface area contributed by atoms with Crippen LogP contribution < -0.4 is 10.2 Å². The molecule has 5 heterocycles. The van der Waals surface area contributed by atoms with E-state index in [0.717, 1.165) is 53.2 Å². The number of carbonyl (C=O) groups excluding carboxylic acids is 1. The Kier molecular flexibility index (Phi) is 7.43. The molecule has 9 nitrogen and oxygen atoms in total. The molecule has 224 valence electrons. The fraction of sp³-hybridized carbons (Fsp3) is 0.294. The van der Waals surface area contributed by atoms with Crippen molar-refractivity contribution in [3.63, 3.8) is 0 Å². The number of hydrogen-bond acceptors (Lipinski definition) is 7. The molecule has 2 aliphatic heterocycles.